The second-order valence-electron chi connectivity index (χ2n) is 7.61. The number of pyridine rings is 1. The minimum absolute atomic E-state index is 0.0202. The van der Waals surface area contributed by atoms with E-state index in [9.17, 15) is 8.78 Å². The highest BCUT2D eigenvalue weighted by Gasteiger charge is 2.15. The van der Waals surface area contributed by atoms with Gasteiger partial charge in [-0.05, 0) is 42.8 Å². The van der Waals surface area contributed by atoms with Crippen molar-refractivity contribution in [3.8, 4) is 22.6 Å². The Morgan fingerprint density at radius 2 is 1.91 bits per heavy atom. The van der Waals surface area contributed by atoms with Gasteiger partial charge in [-0.2, -0.15) is 0 Å². The molecule has 33 heavy (non-hydrogen) atoms. The highest BCUT2D eigenvalue weighted by atomic mass is 35.5. The molecule has 0 aliphatic carbocycles. The molecule has 5 aromatic rings. The molecule has 0 aliphatic heterocycles. The van der Waals surface area contributed by atoms with Gasteiger partial charge in [0.05, 0.1) is 16.7 Å². The van der Waals surface area contributed by atoms with Crippen LogP contribution in [0.5, 0.6) is 0 Å². The van der Waals surface area contributed by atoms with E-state index in [0.717, 1.165) is 38.7 Å². The first-order valence-electron chi connectivity index (χ1n) is 10.1. The van der Waals surface area contributed by atoms with E-state index >= 15 is 0 Å². The molecule has 0 saturated carbocycles. The van der Waals surface area contributed by atoms with E-state index in [1.54, 1.807) is 24.4 Å². The molecule has 0 aliphatic rings. The number of nitrogens with zero attached hydrogens (tertiary/aromatic N) is 4. The number of halogens is 3. The largest absolute Gasteiger partial charge is 0.331 e. The summed E-state index contributed by atoms with van der Waals surface area (Å²) in [6.07, 6.45) is -0.873. The van der Waals surface area contributed by atoms with Gasteiger partial charge in [-0.15, -0.1) is 11.3 Å². The van der Waals surface area contributed by atoms with Crippen LogP contribution in [0.2, 0.25) is 5.15 Å². The molecule has 2 aromatic carbocycles. The first-order valence-corrected chi connectivity index (χ1v) is 11.3. The van der Waals surface area contributed by atoms with Crippen molar-refractivity contribution in [2.45, 2.75) is 13.3 Å². The van der Waals surface area contributed by atoms with E-state index in [0.29, 0.717) is 16.5 Å². The third-order valence-electron chi connectivity index (χ3n) is 5.39. The van der Waals surface area contributed by atoms with Crippen molar-refractivity contribution < 1.29 is 8.78 Å². The Hall–Kier alpha value is -3.36. The van der Waals surface area contributed by atoms with Crippen molar-refractivity contribution in [2.75, 3.05) is 5.32 Å². The average Bonchev–Trinajstić information content (AvgIpc) is 3.39. The average molecular weight is 482 g/mol. The zero-order valence-electron chi connectivity index (χ0n) is 17.7. The molecule has 0 saturated heterocycles. The van der Waals surface area contributed by atoms with Gasteiger partial charge >= 0.3 is 0 Å². The Morgan fingerprint density at radius 3 is 2.70 bits per heavy atom. The van der Waals surface area contributed by atoms with Crippen LogP contribution in [0.15, 0.2) is 60.1 Å². The first-order chi connectivity index (χ1) is 15.9. The SMILES string of the molecule is Cc1cc2c(cc1Nc1nc(-c3ccnc(Cl)c3)cs1)nc(-c1cccc(C(F)F)c1)n2C. The molecular formula is C24H18ClF2N5S. The second-order valence-corrected chi connectivity index (χ2v) is 8.85. The van der Waals surface area contributed by atoms with Crippen LogP contribution in [0.3, 0.4) is 0 Å². The van der Waals surface area contributed by atoms with Gasteiger partial charge < -0.3 is 9.88 Å². The Balaban J connectivity index is 1.48. The van der Waals surface area contributed by atoms with Gasteiger partial charge in [-0.25, -0.2) is 23.7 Å². The Morgan fingerprint density at radius 1 is 1.06 bits per heavy atom. The Labute approximate surface area is 197 Å². The third-order valence-corrected chi connectivity index (χ3v) is 6.36. The number of nitrogens with one attached hydrogen (secondary N) is 1. The fraction of sp³-hybridized carbons (Fsp3) is 0.125. The van der Waals surface area contributed by atoms with E-state index in [4.69, 9.17) is 16.6 Å². The maximum Gasteiger partial charge on any atom is 0.263 e. The molecule has 3 heterocycles. The number of thiazole rings is 1. The molecule has 9 heteroatoms. The van der Waals surface area contributed by atoms with Crippen molar-refractivity contribution in [3.05, 3.63) is 76.4 Å². The minimum atomic E-state index is -2.52. The van der Waals surface area contributed by atoms with Gasteiger partial charge in [-0.3, -0.25) is 0 Å². The fourth-order valence-corrected chi connectivity index (χ4v) is 4.60. The number of benzene rings is 2. The highest BCUT2D eigenvalue weighted by molar-refractivity contribution is 7.14. The summed E-state index contributed by atoms with van der Waals surface area (Å²) in [4.78, 5) is 13.4. The number of aromatic nitrogens is 4. The molecular weight excluding hydrogens is 464 g/mol. The van der Waals surface area contributed by atoms with E-state index < -0.39 is 6.43 Å². The lowest BCUT2D eigenvalue weighted by molar-refractivity contribution is 0.151. The number of imidazole rings is 1. The van der Waals surface area contributed by atoms with Gasteiger partial charge in [0, 0.05) is 41.0 Å². The third kappa shape index (κ3) is 4.19. The van der Waals surface area contributed by atoms with E-state index in [-0.39, 0.29) is 5.56 Å². The normalized spacial score (nSPS) is 11.5. The zero-order valence-corrected chi connectivity index (χ0v) is 19.3. The maximum atomic E-state index is 13.2. The lowest BCUT2D eigenvalue weighted by Crippen LogP contribution is -1.95. The van der Waals surface area contributed by atoms with Crippen LogP contribution in [0.25, 0.3) is 33.7 Å². The summed E-state index contributed by atoms with van der Waals surface area (Å²) < 4.78 is 28.2. The lowest BCUT2D eigenvalue weighted by atomic mass is 10.1. The van der Waals surface area contributed by atoms with Crippen molar-refractivity contribution >= 4 is 44.8 Å². The molecule has 3 aromatic heterocycles. The predicted octanol–water partition coefficient (Wildman–Crippen LogP) is 7.40. The molecule has 5 nitrogen and oxygen atoms in total. The Kier molecular flexibility index (Phi) is 5.55. The van der Waals surface area contributed by atoms with Crippen molar-refractivity contribution in [1.82, 2.24) is 19.5 Å². The van der Waals surface area contributed by atoms with Crippen LogP contribution in [0.4, 0.5) is 19.6 Å². The summed E-state index contributed by atoms with van der Waals surface area (Å²) in [6, 6.07) is 14.0. The molecule has 166 valence electrons. The summed E-state index contributed by atoms with van der Waals surface area (Å²) in [5, 5.41) is 6.48. The van der Waals surface area contributed by atoms with Crippen LogP contribution < -0.4 is 5.32 Å². The number of alkyl halides is 2. The zero-order chi connectivity index (χ0) is 23.1. The van der Waals surface area contributed by atoms with Crippen LogP contribution in [0, 0.1) is 6.92 Å². The molecule has 0 fully saturated rings. The predicted molar refractivity (Wildman–Crippen MR) is 129 cm³/mol. The molecule has 0 radical (unpaired) electrons. The van der Waals surface area contributed by atoms with Gasteiger partial charge in [0.15, 0.2) is 5.13 Å². The Bertz CT molecular complexity index is 1480. The van der Waals surface area contributed by atoms with Crippen molar-refractivity contribution in [1.29, 1.82) is 0 Å². The second kappa shape index (κ2) is 8.53. The molecule has 1 N–H and O–H groups in total. The topological polar surface area (TPSA) is 55.6 Å². The number of hydrogen-bond acceptors (Lipinski definition) is 5. The molecule has 0 spiro atoms. The first kappa shape index (κ1) is 21.5. The molecule has 0 unspecified atom stereocenters. The van der Waals surface area contributed by atoms with Gasteiger partial charge in [-0.1, -0.05) is 29.8 Å². The molecule has 0 amide bonds. The number of fused-ring (bicyclic) bond motifs is 1. The van der Waals surface area contributed by atoms with Crippen molar-refractivity contribution in [3.63, 3.8) is 0 Å². The molecule has 0 bridgehead atoms. The maximum absolute atomic E-state index is 13.2. The summed E-state index contributed by atoms with van der Waals surface area (Å²) >= 11 is 7.48. The van der Waals surface area contributed by atoms with E-state index in [1.165, 1.54) is 23.5 Å². The van der Waals surface area contributed by atoms with Crippen LogP contribution in [0.1, 0.15) is 17.6 Å². The smallest absolute Gasteiger partial charge is 0.263 e. The minimum Gasteiger partial charge on any atom is -0.331 e. The summed E-state index contributed by atoms with van der Waals surface area (Å²) in [5.41, 5.74) is 5.91. The summed E-state index contributed by atoms with van der Waals surface area (Å²) in [6.45, 7) is 2.00. The van der Waals surface area contributed by atoms with E-state index in [1.807, 2.05) is 42.1 Å². The van der Waals surface area contributed by atoms with Gasteiger partial charge in [0.25, 0.3) is 6.43 Å². The standard InChI is InChI=1S/C24H18ClF2N5S/c1-13-8-20-18(29-23(32(20)2)16-5-3-4-15(9-16)22(26)27)11-17(13)30-24-31-19(12-33-24)14-6-7-28-21(25)10-14/h3-12,22H,1-2H3,(H,30,31). The number of anilines is 2. The van der Waals surface area contributed by atoms with Crippen molar-refractivity contribution in [2.24, 2.45) is 7.05 Å². The summed E-state index contributed by atoms with van der Waals surface area (Å²) in [7, 11) is 1.89. The highest BCUT2D eigenvalue weighted by Crippen LogP contribution is 2.33. The molecule has 5 rings (SSSR count). The number of rotatable bonds is 5. The van der Waals surface area contributed by atoms with Gasteiger partial charge in [0.2, 0.25) is 0 Å². The van der Waals surface area contributed by atoms with Crippen LogP contribution in [-0.2, 0) is 7.05 Å². The summed E-state index contributed by atoms with van der Waals surface area (Å²) in [5.74, 6) is 0.634. The van der Waals surface area contributed by atoms with Crippen LogP contribution >= 0.6 is 22.9 Å². The molecule has 0 atom stereocenters. The number of hydrogen-bond donors (Lipinski definition) is 1. The van der Waals surface area contributed by atoms with E-state index in [2.05, 4.69) is 15.3 Å². The number of aryl methyl sites for hydroxylation is 2. The monoisotopic (exact) mass is 481 g/mol. The van der Waals surface area contributed by atoms with Crippen LogP contribution in [-0.4, -0.2) is 19.5 Å². The fourth-order valence-electron chi connectivity index (χ4n) is 3.69. The lowest BCUT2D eigenvalue weighted by Gasteiger charge is -2.08. The quantitative estimate of drug-likeness (QED) is 0.266. The van der Waals surface area contributed by atoms with Gasteiger partial charge in [0.1, 0.15) is 11.0 Å².